The molecule has 0 aromatic heterocycles. The van der Waals surface area contributed by atoms with E-state index in [0.717, 1.165) is 25.7 Å². The molecule has 0 heterocycles. The number of amides is 3. The van der Waals surface area contributed by atoms with Gasteiger partial charge in [0.2, 0.25) is 5.91 Å². The van der Waals surface area contributed by atoms with Crippen LogP contribution in [0, 0.1) is 0 Å². The molecule has 110 valence electrons. The highest BCUT2D eigenvalue weighted by atomic mass is 16.3. The van der Waals surface area contributed by atoms with Gasteiger partial charge in [0.25, 0.3) is 0 Å². The van der Waals surface area contributed by atoms with Crippen molar-refractivity contribution >= 4 is 11.9 Å². The molecule has 1 saturated carbocycles. The summed E-state index contributed by atoms with van der Waals surface area (Å²) in [5.74, 6) is -0.316. The van der Waals surface area contributed by atoms with Crippen molar-refractivity contribution in [3.05, 3.63) is 0 Å². The second-order valence-corrected chi connectivity index (χ2v) is 5.38. The Morgan fingerprint density at radius 2 is 2.00 bits per heavy atom. The first kappa shape index (κ1) is 15.9. The molecule has 0 aromatic rings. The molecule has 6 heteroatoms. The summed E-state index contributed by atoms with van der Waals surface area (Å²) in [5, 5.41) is 14.3. The molecular formula is C13H25N3O3. The molecule has 1 aliphatic carbocycles. The van der Waals surface area contributed by atoms with Crippen molar-refractivity contribution in [2.45, 2.75) is 51.2 Å². The lowest BCUT2D eigenvalue weighted by atomic mass is 10.2. The first-order valence-electron chi connectivity index (χ1n) is 6.94. The van der Waals surface area contributed by atoms with Crippen LogP contribution in [0.2, 0.25) is 0 Å². The Kier molecular flexibility index (Phi) is 6.80. The summed E-state index contributed by atoms with van der Waals surface area (Å²) < 4.78 is 0. The first-order chi connectivity index (χ1) is 8.97. The molecule has 3 amide bonds. The number of hydrogen-bond acceptors (Lipinski definition) is 4. The van der Waals surface area contributed by atoms with Crippen LogP contribution in [0.3, 0.4) is 0 Å². The van der Waals surface area contributed by atoms with Gasteiger partial charge < -0.3 is 10.4 Å². The zero-order valence-corrected chi connectivity index (χ0v) is 11.8. The van der Waals surface area contributed by atoms with E-state index in [1.807, 2.05) is 0 Å². The SMILES string of the molecule is CC(O)CCN(C)CC(=O)NC(=O)NC1CCCC1. The molecule has 0 saturated heterocycles. The number of nitrogens with zero attached hydrogens (tertiary/aromatic N) is 1. The van der Waals surface area contributed by atoms with Gasteiger partial charge in [-0.15, -0.1) is 0 Å². The van der Waals surface area contributed by atoms with Gasteiger partial charge in [0.05, 0.1) is 12.6 Å². The van der Waals surface area contributed by atoms with Gasteiger partial charge in [-0.1, -0.05) is 12.8 Å². The Hall–Kier alpha value is -1.14. The summed E-state index contributed by atoms with van der Waals surface area (Å²) in [6.07, 6.45) is 4.50. The van der Waals surface area contributed by atoms with Crippen LogP contribution in [0.5, 0.6) is 0 Å². The summed E-state index contributed by atoms with van der Waals surface area (Å²) in [6, 6.07) is -0.193. The molecule has 0 spiro atoms. The molecule has 0 radical (unpaired) electrons. The monoisotopic (exact) mass is 271 g/mol. The number of likely N-dealkylation sites (N-methyl/N-ethyl adjacent to an activating group) is 1. The Morgan fingerprint density at radius 3 is 2.58 bits per heavy atom. The van der Waals surface area contributed by atoms with Gasteiger partial charge in [0.1, 0.15) is 0 Å². The van der Waals surface area contributed by atoms with Crippen LogP contribution in [0.25, 0.3) is 0 Å². The van der Waals surface area contributed by atoms with Crippen molar-refractivity contribution in [2.24, 2.45) is 0 Å². The minimum atomic E-state index is -0.402. The average Bonchev–Trinajstić information content (AvgIpc) is 2.78. The Morgan fingerprint density at radius 1 is 1.37 bits per heavy atom. The molecule has 1 fully saturated rings. The van der Waals surface area contributed by atoms with Gasteiger partial charge in [0, 0.05) is 12.6 Å². The molecule has 3 N–H and O–H groups in total. The smallest absolute Gasteiger partial charge is 0.321 e. The lowest BCUT2D eigenvalue weighted by Crippen LogP contribution is -2.46. The number of carbonyl (C=O) groups is 2. The lowest BCUT2D eigenvalue weighted by Gasteiger charge is -2.17. The van der Waals surface area contributed by atoms with E-state index in [1.165, 1.54) is 0 Å². The number of urea groups is 1. The van der Waals surface area contributed by atoms with Gasteiger partial charge >= 0.3 is 6.03 Å². The predicted molar refractivity (Wildman–Crippen MR) is 72.7 cm³/mol. The number of aliphatic hydroxyl groups excluding tert-OH is 1. The van der Waals surface area contributed by atoms with Crippen molar-refractivity contribution in [1.29, 1.82) is 0 Å². The zero-order chi connectivity index (χ0) is 14.3. The van der Waals surface area contributed by atoms with Crippen molar-refractivity contribution in [3.8, 4) is 0 Å². The lowest BCUT2D eigenvalue weighted by molar-refractivity contribution is -0.120. The Balaban J connectivity index is 2.16. The summed E-state index contributed by atoms with van der Waals surface area (Å²) >= 11 is 0. The molecule has 1 rings (SSSR count). The van der Waals surface area contributed by atoms with Crippen LogP contribution >= 0.6 is 0 Å². The topological polar surface area (TPSA) is 81.7 Å². The van der Waals surface area contributed by atoms with Gasteiger partial charge in [-0.2, -0.15) is 0 Å². The van der Waals surface area contributed by atoms with Gasteiger partial charge in [0.15, 0.2) is 0 Å². The van der Waals surface area contributed by atoms with Crippen LogP contribution in [0.1, 0.15) is 39.0 Å². The third-order valence-electron chi connectivity index (χ3n) is 3.29. The van der Waals surface area contributed by atoms with E-state index in [9.17, 15) is 9.59 Å². The average molecular weight is 271 g/mol. The van der Waals surface area contributed by atoms with Gasteiger partial charge in [-0.3, -0.25) is 15.0 Å². The number of hydrogen-bond donors (Lipinski definition) is 3. The molecule has 1 unspecified atom stereocenters. The highest BCUT2D eigenvalue weighted by molar-refractivity contribution is 5.95. The third kappa shape index (κ3) is 7.12. The number of imide groups is 1. The van der Waals surface area contributed by atoms with Crippen LogP contribution in [0.15, 0.2) is 0 Å². The van der Waals surface area contributed by atoms with Crippen LogP contribution in [-0.2, 0) is 4.79 Å². The Labute approximate surface area is 114 Å². The van der Waals surface area contributed by atoms with E-state index in [0.29, 0.717) is 13.0 Å². The minimum absolute atomic E-state index is 0.158. The standard InChI is InChI=1S/C13H25N3O3/c1-10(17)7-8-16(2)9-12(18)15-13(19)14-11-5-3-4-6-11/h10-11,17H,3-9H2,1-2H3,(H2,14,15,18,19). The first-order valence-corrected chi connectivity index (χ1v) is 6.94. The predicted octanol–water partition coefficient (Wildman–Crippen LogP) is 0.458. The van der Waals surface area contributed by atoms with Crippen molar-refractivity contribution < 1.29 is 14.7 Å². The molecule has 6 nitrogen and oxygen atoms in total. The summed E-state index contributed by atoms with van der Waals surface area (Å²) in [5.41, 5.74) is 0. The van der Waals surface area contributed by atoms with E-state index < -0.39 is 6.03 Å². The number of nitrogens with one attached hydrogen (secondary N) is 2. The van der Waals surface area contributed by atoms with Gasteiger partial charge in [-0.05, 0) is 33.2 Å². The minimum Gasteiger partial charge on any atom is -0.393 e. The summed E-state index contributed by atoms with van der Waals surface area (Å²) in [4.78, 5) is 24.9. The second kappa shape index (κ2) is 8.12. The molecular weight excluding hydrogens is 246 g/mol. The fourth-order valence-electron chi connectivity index (χ4n) is 2.19. The Bertz CT molecular complexity index is 302. The van der Waals surface area contributed by atoms with E-state index in [-0.39, 0.29) is 24.6 Å². The maximum atomic E-state index is 11.6. The van der Waals surface area contributed by atoms with Crippen LogP contribution < -0.4 is 10.6 Å². The normalized spacial score (nSPS) is 17.5. The van der Waals surface area contributed by atoms with Gasteiger partial charge in [-0.25, -0.2) is 4.79 Å². The zero-order valence-electron chi connectivity index (χ0n) is 11.8. The quantitative estimate of drug-likeness (QED) is 0.655. The van der Waals surface area contributed by atoms with E-state index in [4.69, 9.17) is 5.11 Å². The maximum absolute atomic E-state index is 11.6. The van der Waals surface area contributed by atoms with E-state index in [1.54, 1.807) is 18.9 Å². The maximum Gasteiger partial charge on any atom is 0.321 e. The van der Waals surface area contributed by atoms with Crippen molar-refractivity contribution in [2.75, 3.05) is 20.1 Å². The molecule has 1 atom stereocenters. The van der Waals surface area contributed by atoms with E-state index >= 15 is 0 Å². The molecule has 19 heavy (non-hydrogen) atoms. The number of carbonyl (C=O) groups excluding carboxylic acids is 2. The highest BCUT2D eigenvalue weighted by Gasteiger charge is 2.18. The molecule has 0 aromatic carbocycles. The van der Waals surface area contributed by atoms with Crippen LogP contribution in [0.4, 0.5) is 4.79 Å². The summed E-state index contributed by atoms with van der Waals surface area (Å²) in [6.45, 7) is 2.49. The fraction of sp³-hybridized carbons (Fsp3) is 0.846. The highest BCUT2D eigenvalue weighted by Crippen LogP contribution is 2.17. The number of aliphatic hydroxyl groups is 1. The number of rotatable bonds is 6. The molecule has 1 aliphatic rings. The second-order valence-electron chi connectivity index (χ2n) is 5.38. The summed E-state index contributed by atoms with van der Waals surface area (Å²) in [7, 11) is 1.79. The van der Waals surface area contributed by atoms with Crippen LogP contribution in [-0.4, -0.2) is 54.2 Å². The molecule has 0 bridgehead atoms. The van der Waals surface area contributed by atoms with Crippen molar-refractivity contribution in [3.63, 3.8) is 0 Å². The molecule has 0 aliphatic heterocycles. The van der Waals surface area contributed by atoms with Crippen molar-refractivity contribution in [1.82, 2.24) is 15.5 Å². The fourth-order valence-corrected chi connectivity index (χ4v) is 2.19. The van der Waals surface area contributed by atoms with E-state index in [2.05, 4.69) is 10.6 Å². The third-order valence-corrected chi connectivity index (χ3v) is 3.29. The largest absolute Gasteiger partial charge is 0.393 e.